The fourth-order valence-corrected chi connectivity index (χ4v) is 2.36. The van der Waals surface area contributed by atoms with E-state index >= 15 is 0 Å². The molecule has 0 fully saturated rings. The van der Waals surface area contributed by atoms with Crippen LogP contribution in [-0.2, 0) is 0 Å². The highest BCUT2D eigenvalue weighted by Crippen LogP contribution is 2.25. The molecule has 0 aliphatic rings. The summed E-state index contributed by atoms with van der Waals surface area (Å²) < 4.78 is 6.31. The molecule has 0 amide bonds. The van der Waals surface area contributed by atoms with Crippen LogP contribution in [0.3, 0.4) is 0 Å². The first-order chi connectivity index (χ1) is 10.7. The summed E-state index contributed by atoms with van der Waals surface area (Å²) in [4.78, 5) is 12.1. The van der Waals surface area contributed by atoms with E-state index in [2.05, 4.69) is 0 Å². The quantitative estimate of drug-likeness (QED) is 0.755. The van der Waals surface area contributed by atoms with Gasteiger partial charge in [-0.05, 0) is 41.5 Å². The fourth-order valence-electron chi connectivity index (χ4n) is 2.36. The van der Waals surface area contributed by atoms with Gasteiger partial charge in [-0.25, -0.2) is 4.68 Å². The zero-order valence-electron chi connectivity index (χ0n) is 12.2. The third-order valence-electron chi connectivity index (χ3n) is 3.56. The number of rotatable bonds is 3. The van der Waals surface area contributed by atoms with E-state index in [1.807, 2.05) is 60.7 Å². The van der Waals surface area contributed by atoms with Crippen molar-refractivity contribution >= 4 is 0 Å². The van der Waals surface area contributed by atoms with Crippen molar-refractivity contribution in [2.45, 2.75) is 0 Å². The van der Waals surface area contributed by atoms with E-state index in [1.54, 1.807) is 13.2 Å². The van der Waals surface area contributed by atoms with Crippen molar-refractivity contribution in [3.05, 3.63) is 77.1 Å². The first-order valence-corrected chi connectivity index (χ1v) is 6.91. The number of nitrogens with zero attached hydrogens (tertiary/aromatic N) is 1. The van der Waals surface area contributed by atoms with Gasteiger partial charge in [0, 0.05) is 11.6 Å². The molecule has 2 N–H and O–H groups in total. The predicted octanol–water partition coefficient (Wildman–Crippen LogP) is 2.90. The number of methoxy groups -OCH3 is 1. The number of aromatic nitrogens is 1. The SMILES string of the molecule is COc1ccc(-c2cc(-c3ccccc3)cc(=O)n2N)cc1. The van der Waals surface area contributed by atoms with Crippen LogP contribution in [0, 0.1) is 0 Å². The van der Waals surface area contributed by atoms with Gasteiger partial charge < -0.3 is 10.6 Å². The van der Waals surface area contributed by atoms with Crippen LogP contribution in [0.5, 0.6) is 5.75 Å². The van der Waals surface area contributed by atoms with Crippen LogP contribution in [0.2, 0.25) is 0 Å². The van der Waals surface area contributed by atoms with Gasteiger partial charge in [-0.1, -0.05) is 30.3 Å². The van der Waals surface area contributed by atoms with Gasteiger partial charge in [0.1, 0.15) is 5.75 Å². The van der Waals surface area contributed by atoms with Crippen molar-refractivity contribution in [1.82, 2.24) is 4.68 Å². The number of nitrogens with two attached hydrogens (primary N) is 1. The lowest BCUT2D eigenvalue weighted by Gasteiger charge is -2.11. The number of hydrogen-bond donors (Lipinski definition) is 1. The Morgan fingerprint density at radius 1 is 0.864 bits per heavy atom. The molecule has 110 valence electrons. The summed E-state index contributed by atoms with van der Waals surface area (Å²) in [5.41, 5.74) is 3.10. The lowest BCUT2D eigenvalue weighted by atomic mass is 10.0. The molecular weight excluding hydrogens is 276 g/mol. The maximum Gasteiger partial charge on any atom is 0.269 e. The largest absolute Gasteiger partial charge is 0.497 e. The summed E-state index contributed by atoms with van der Waals surface area (Å²) in [5.74, 6) is 6.66. The molecule has 0 bridgehead atoms. The summed E-state index contributed by atoms with van der Waals surface area (Å²) in [5, 5.41) is 0. The summed E-state index contributed by atoms with van der Waals surface area (Å²) in [6, 6.07) is 20.7. The van der Waals surface area contributed by atoms with E-state index in [4.69, 9.17) is 10.6 Å². The van der Waals surface area contributed by atoms with Gasteiger partial charge in [-0.15, -0.1) is 0 Å². The zero-order chi connectivity index (χ0) is 15.5. The molecule has 22 heavy (non-hydrogen) atoms. The highest BCUT2D eigenvalue weighted by molar-refractivity contribution is 5.71. The third-order valence-corrected chi connectivity index (χ3v) is 3.56. The molecule has 0 saturated heterocycles. The van der Waals surface area contributed by atoms with Crippen LogP contribution in [0.4, 0.5) is 0 Å². The second-order valence-electron chi connectivity index (χ2n) is 4.93. The summed E-state index contributed by atoms with van der Waals surface area (Å²) in [6.45, 7) is 0. The molecule has 1 heterocycles. The van der Waals surface area contributed by atoms with E-state index in [-0.39, 0.29) is 5.56 Å². The van der Waals surface area contributed by atoms with Crippen molar-refractivity contribution in [3.63, 3.8) is 0 Å². The summed E-state index contributed by atoms with van der Waals surface area (Å²) >= 11 is 0. The van der Waals surface area contributed by atoms with Gasteiger partial charge in [-0.2, -0.15) is 0 Å². The monoisotopic (exact) mass is 292 g/mol. The molecule has 0 radical (unpaired) electrons. The molecule has 3 rings (SSSR count). The van der Waals surface area contributed by atoms with Crippen LogP contribution >= 0.6 is 0 Å². The van der Waals surface area contributed by atoms with E-state index in [9.17, 15) is 4.79 Å². The van der Waals surface area contributed by atoms with E-state index in [1.165, 1.54) is 0 Å². The molecule has 0 unspecified atom stereocenters. The first kappa shape index (κ1) is 13.9. The normalized spacial score (nSPS) is 10.4. The van der Waals surface area contributed by atoms with Crippen molar-refractivity contribution in [3.8, 4) is 28.1 Å². The van der Waals surface area contributed by atoms with E-state index in [0.29, 0.717) is 5.69 Å². The molecule has 4 heteroatoms. The molecule has 0 aliphatic carbocycles. The van der Waals surface area contributed by atoms with Gasteiger partial charge in [0.05, 0.1) is 12.8 Å². The Balaban J connectivity index is 2.14. The maximum atomic E-state index is 12.1. The minimum Gasteiger partial charge on any atom is -0.497 e. The third kappa shape index (κ3) is 2.59. The highest BCUT2D eigenvalue weighted by atomic mass is 16.5. The van der Waals surface area contributed by atoms with Gasteiger partial charge in [-0.3, -0.25) is 4.79 Å². The van der Waals surface area contributed by atoms with Crippen molar-refractivity contribution in [1.29, 1.82) is 0 Å². The van der Waals surface area contributed by atoms with Crippen LogP contribution in [0.1, 0.15) is 0 Å². The smallest absolute Gasteiger partial charge is 0.269 e. The Labute approximate surface area is 128 Å². The number of ether oxygens (including phenoxy) is 1. The number of nitrogen functional groups attached to an aromatic ring is 1. The predicted molar refractivity (Wildman–Crippen MR) is 88.3 cm³/mol. The molecule has 0 aliphatic heterocycles. The molecule has 0 saturated carbocycles. The molecule has 2 aromatic carbocycles. The topological polar surface area (TPSA) is 57.2 Å². The minimum atomic E-state index is -0.243. The Morgan fingerprint density at radius 3 is 2.18 bits per heavy atom. The number of pyridine rings is 1. The number of hydrogen-bond acceptors (Lipinski definition) is 3. The van der Waals surface area contributed by atoms with Gasteiger partial charge in [0.15, 0.2) is 0 Å². The average molecular weight is 292 g/mol. The molecule has 1 aromatic heterocycles. The van der Waals surface area contributed by atoms with Crippen LogP contribution in [0.25, 0.3) is 22.4 Å². The van der Waals surface area contributed by atoms with Crippen LogP contribution < -0.4 is 16.1 Å². The lowest BCUT2D eigenvalue weighted by Crippen LogP contribution is -2.28. The lowest BCUT2D eigenvalue weighted by molar-refractivity contribution is 0.415. The summed E-state index contributed by atoms with van der Waals surface area (Å²) in [6.07, 6.45) is 0. The van der Waals surface area contributed by atoms with E-state index < -0.39 is 0 Å². The van der Waals surface area contributed by atoms with Gasteiger partial charge in [0.25, 0.3) is 5.56 Å². The maximum absolute atomic E-state index is 12.1. The molecular formula is C18H16N2O2. The molecule has 0 spiro atoms. The Bertz CT molecular complexity index is 837. The Hall–Kier alpha value is -3.01. The molecule has 4 nitrogen and oxygen atoms in total. The Morgan fingerprint density at radius 2 is 1.55 bits per heavy atom. The highest BCUT2D eigenvalue weighted by Gasteiger charge is 2.08. The fraction of sp³-hybridized carbons (Fsp3) is 0.0556. The van der Waals surface area contributed by atoms with Gasteiger partial charge >= 0.3 is 0 Å². The van der Waals surface area contributed by atoms with Crippen LogP contribution in [-0.4, -0.2) is 11.8 Å². The molecule has 0 atom stereocenters. The van der Waals surface area contributed by atoms with E-state index in [0.717, 1.165) is 27.1 Å². The number of benzene rings is 2. The van der Waals surface area contributed by atoms with Gasteiger partial charge in [0.2, 0.25) is 0 Å². The standard InChI is InChI=1S/C18H16N2O2/c1-22-16-9-7-14(8-10-16)17-11-15(12-18(21)20(17)19)13-5-3-2-4-6-13/h2-12H,19H2,1H3. The molecule has 3 aromatic rings. The van der Waals surface area contributed by atoms with Crippen LogP contribution in [0.15, 0.2) is 71.5 Å². The first-order valence-electron chi connectivity index (χ1n) is 6.91. The second kappa shape index (κ2) is 5.77. The van der Waals surface area contributed by atoms with Crippen molar-refractivity contribution in [2.75, 3.05) is 13.0 Å². The minimum absolute atomic E-state index is 0.243. The zero-order valence-corrected chi connectivity index (χ0v) is 12.2. The van der Waals surface area contributed by atoms with Crippen molar-refractivity contribution < 1.29 is 4.74 Å². The summed E-state index contributed by atoms with van der Waals surface area (Å²) in [7, 11) is 1.61. The average Bonchev–Trinajstić information content (AvgIpc) is 2.58. The Kier molecular flexibility index (Phi) is 3.66. The second-order valence-corrected chi connectivity index (χ2v) is 4.93. The van der Waals surface area contributed by atoms with Crippen molar-refractivity contribution in [2.24, 2.45) is 0 Å².